The Hall–Kier alpha value is -1.45. The molecule has 1 saturated heterocycles. The standard InChI is InChI=1S/C28H51N2O2Si.C15H11O2.V/c1-6-33(5,7-2)32-26-11-10-22-21-9-8-20-18-25(31)24(30-16-14-29-15-17-30)19-28(20,4)23(21)12-13-27(22,26)3;16-10-17-9-15-13-7-3-1-5-11(13)12-6-2-4-8-14(12)15;/h20-26,31H,6-19H2,1-5H3;1-8,15H,9H2;/q2*-1;+2/t20?,21?,22?,23?,24-,25-,26-,27-,28-;;/m0../s1. The van der Waals surface area contributed by atoms with Gasteiger partial charge in [-0.2, -0.15) is 0 Å². The fraction of sp³-hybridized carbons (Fsp3) is 0.698. The van der Waals surface area contributed by atoms with Crippen molar-refractivity contribution in [2.24, 2.45) is 34.5 Å². The normalized spacial score (nSPS) is 35.8. The first-order chi connectivity index (χ1) is 24.2. The van der Waals surface area contributed by atoms with Crippen LogP contribution in [0, 0.1) is 34.5 Å². The topological polar surface area (TPSA) is 73.1 Å². The number of benzene rings is 2. The van der Waals surface area contributed by atoms with E-state index in [0.29, 0.717) is 35.5 Å². The van der Waals surface area contributed by atoms with Crippen molar-refractivity contribution in [3.63, 3.8) is 0 Å². The van der Waals surface area contributed by atoms with Gasteiger partial charge in [0.2, 0.25) is 0 Å². The third-order valence-corrected chi connectivity index (χ3v) is 19.2. The van der Waals surface area contributed by atoms with Gasteiger partial charge >= 0.3 is 18.6 Å². The fourth-order valence-electron chi connectivity index (χ4n) is 12.1. The van der Waals surface area contributed by atoms with Crippen LogP contribution in [0.1, 0.15) is 96.1 Å². The number of hydrogen-bond donors (Lipinski definition) is 1. The molecule has 8 heteroatoms. The van der Waals surface area contributed by atoms with Crippen LogP contribution in [0.3, 0.4) is 0 Å². The summed E-state index contributed by atoms with van der Waals surface area (Å²) in [6.07, 6.45) is 10.8. The number of carbonyl (C=O) groups excluding carboxylic acids is 1. The van der Waals surface area contributed by atoms with Crippen molar-refractivity contribution < 1.29 is 37.6 Å². The molecular formula is C43H62N2O4SiV. The summed E-state index contributed by atoms with van der Waals surface area (Å²) in [5.74, 6) is 3.43. The zero-order valence-electron chi connectivity index (χ0n) is 31.9. The molecule has 2 aromatic carbocycles. The first-order valence-electron chi connectivity index (χ1n) is 20.1. The number of nitrogens with zero attached hydrogens (tertiary/aromatic N) is 2. The van der Waals surface area contributed by atoms with Gasteiger partial charge in [-0.3, -0.25) is 0 Å². The monoisotopic (exact) mass is 749 g/mol. The summed E-state index contributed by atoms with van der Waals surface area (Å²) in [6.45, 7) is 18.3. The van der Waals surface area contributed by atoms with Gasteiger partial charge in [-0.25, -0.2) is 0 Å². The molecule has 1 N–H and O–H groups in total. The van der Waals surface area contributed by atoms with Crippen LogP contribution >= 0.6 is 0 Å². The van der Waals surface area contributed by atoms with Crippen molar-refractivity contribution in [1.82, 2.24) is 4.90 Å². The van der Waals surface area contributed by atoms with Crippen LogP contribution in [-0.2, 0) is 32.5 Å². The van der Waals surface area contributed by atoms with Crippen molar-refractivity contribution in [3.05, 3.63) is 65.0 Å². The van der Waals surface area contributed by atoms with Crippen LogP contribution in [0.2, 0.25) is 18.6 Å². The van der Waals surface area contributed by atoms with Gasteiger partial charge in [-0.05, 0) is 140 Å². The van der Waals surface area contributed by atoms with Crippen molar-refractivity contribution in [2.45, 2.75) is 122 Å². The Balaban J connectivity index is 0.000000209. The molecule has 2 aromatic rings. The van der Waals surface area contributed by atoms with E-state index in [2.05, 4.69) is 68.7 Å². The van der Waals surface area contributed by atoms with E-state index in [0.717, 1.165) is 50.4 Å². The minimum absolute atomic E-state index is 0. The van der Waals surface area contributed by atoms with Gasteiger partial charge in [-0.1, -0.05) is 82.7 Å². The van der Waals surface area contributed by atoms with Crippen molar-refractivity contribution in [1.29, 1.82) is 0 Å². The summed E-state index contributed by atoms with van der Waals surface area (Å²) in [5.41, 5.74) is 5.72. The molecule has 0 spiro atoms. The predicted octanol–water partition coefficient (Wildman–Crippen LogP) is 8.94. The van der Waals surface area contributed by atoms with E-state index < -0.39 is 8.32 Å². The Morgan fingerprint density at radius 2 is 1.53 bits per heavy atom. The maximum absolute atomic E-state index is 11.2. The van der Waals surface area contributed by atoms with Crippen molar-refractivity contribution in [3.8, 4) is 11.1 Å². The molecule has 8 rings (SSSR count). The van der Waals surface area contributed by atoms with E-state index in [-0.39, 0.29) is 30.6 Å². The SMILES string of the molecule is CC[Si](C)(CC)O[C@H]1CCC2C3CCC4C[C@H](O)[C@@H](N5CC[N-]CC5)C[C@]4(C)C3CC[C@@]21C.O=[C-]OCC1c2ccccc2-c2ccccc21.[V+2]. The van der Waals surface area contributed by atoms with Gasteiger partial charge < -0.3 is 29.3 Å². The summed E-state index contributed by atoms with van der Waals surface area (Å²) < 4.78 is 11.9. The molecule has 9 atom stereocenters. The maximum Gasteiger partial charge on any atom is 2.00 e. The molecule has 5 fully saturated rings. The first kappa shape index (κ1) is 39.3. The molecule has 51 heavy (non-hydrogen) atoms. The third kappa shape index (κ3) is 7.24. The molecule has 0 bridgehead atoms. The number of hydrogen-bond acceptors (Lipinski definition) is 5. The molecule has 4 saturated carbocycles. The Bertz CT molecular complexity index is 1440. The smallest absolute Gasteiger partial charge is 0.660 e. The molecule has 0 aromatic heterocycles. The first-order valence-corrected chi connectivity index (χ1v) is 22.9. The van der Waals surface area contributed by atoms with Gasteiger partial charge in [0.25, 0.3) is 0 Å². The van der Waals surface area contributed by atoms with E-state index in [1.54, 1.807) is 0 Å². The summed E-state index contributed by atoms with van der Waals surface area (Å²) in [7, 11) is -1.55. The molecule has 1 aliphatic heterocycles. The van der Waals surface area contributed by atoms with Gasteiger partial charge in [0.1, 0.15) is 0 Å². The summed E-state index contributed by atoms with van der Waals surface area (Å²) in [6, 6.07) is 19.4. The van der Waals surface area contributed by atoms with Crippen LogP contribution in [0.5, 0.6) is 0 Å². The number of aliphatic hydroxyl groups excluding tert-OH is 1. The quantitative estimate of drug-likeness (QED) is 0.216. The van der Waals surface area contributed by atoms with Crippen molar-refractivity contribution >= 4 is 14.8 Å². The Labute approximate surface area is 321 Å². The van der Waals surface area contributed by atoms with Gasteiger partial charge in [-0.15, -0.1) is 13.1 Å². The average Bonchev–Trinajstić information content (AvgIpc) is 3.65. The van der Waals surface area contributed by atoms with Crippen LogP contribution in [0.4, 0.5) is 0 Å². The van der Waals surface area contributed by atoms with Gasteiger partial charge in [0.05, 0.1) is 18.8 Å². The average molecular weight is 750 g/mol. The van der Waals surface area contributed by atoms with Gasteiger partial charge in [0, 0.05) is 12.0 Å². The molecule has 1 heterocycles. The summed E-state index contributed by atoms with van der Waals surface area (Å²) >= 11 is 0. The van der Waals surface area contributed by atoms with Crippen molar-refractivity contribution in [2.75, 3.05) is 32.8 Å². The minimum atomic E-state index is -1.55. The molecule has 0 amide bonds. The second-order valence-corrected chi connectivity index (χ2v) is 22.0. The fourth-order valence-corrected chi connectivity index (χ4v) is 14.0. The van der Waals surface area contributed by atoms with Crippen LogP contribution in [0.15, 0.2) is 48.5 Å². The Morgan fingerprint density at radius 3 is 2.16 bits per heavy atom. The van der Waals surface area contributed by atoms with E-state index >= 15 is 0 Å². The molecular weight excluding hydrogens is 688 g/mol. The van der Waals surface area contributed by atoms with E-state index in [4.69, 9.17) is 9.16 Å². The number of piperazine rings is 1. The molecule has 277 valence electrons. The zero-order chi connectivity index (χ0) is 35.1. The number of ether oxygens (including phenoxy) is 1. The second-order valence-electron chi connectivity index (χ2n) is 17.4. The predicted molar refractivity (Wildman–Crippen MR) is 204 cm³/mol. The zero-order valence-corrected chi connectivity index (χ0v) is 34.3. The third-order valence-electron chi connectivity index (χ3n) is 15.4. The molecule has 6 aliphatic rings. The molecule has 1 radical (unpaired) electrons. The van der Waals surface area contributed by atoms with E-state index in [1.807, 2.05) is 24.3 Å². The Morgan fingerprint density at radius 1 is 0.902 bits per heavy atom. The van der Waals surface area contributed by atoms with E-state index in [1.165, 1.54) is 85.8 Å². The van der Waals surface area contributed by atoms with Crippen LogP contribution < -0.4 is 0 Å². The number of aliphatic hydroxyl groups is 1. The molecule has 4 unspecified atom stereocenters. The molecule has 5 aliphatic carbocycles. The van der Waals surface area contributed by atoms with Crippen LogP contribution in [0.25, 0.3) is 16.4 Å². The Kier molecular flexibility index (Phi) is 12.4. The summed E-state index contributed by atoms with van der Waals surface area (Å²) in [5, 5.41) is 15.7. The van der Waals surface area contributed by atoms with Gasteiger partial charge in [0.15, 0.2) is 8.32 Å². The summed E-state index contributed by atoms with van der Waals surface area (Å²) in [4.78, 5) is 12.8. The number of rotatable bonds is 8. The largest absolute Gasteiger partial charge is 2.00 e. The maximum atomic E-state index is 11.2. The van der Waals surface area contributed by atoms with Crippen LogP contribution in [-0.4, -0.2) is 75.8 Å². The second kappa shape index (κ2) is 16.1. The van der Waals surface area contributed by atoms with E-state index in [9.17, 15) is 9.90 Å². The minimum Gasteiger partial charge on any atom is -0.660 e. The number of fused-ring (bicyclic) bond motifs is 8. The molecule has 6 nitrogen and oxygen atoms in total.